The van der Waals surface area contributed by atoms with E-state index >= 15 is 0 Å². The highest BCUT2D eigenvalue weighted by Crippen LogP contribution is 2.21. The number of anilines is 2. The molecular formula is C17H27N3O. The molecule has 4 heteroatoms. The second kappa shape index (κ2) is 7.14. The van der Waals surface area contributed by atoms with Gasteiger partial charge in [0.15, 0.2) is 0 Å². The summed E-state index contributed by atoms with van der Waals surface area (Å²) >= 11 is 0. The molecule has 0 spiro atoms. The minimum Gasteiger partial charge on any atom is -0.382 e. The summed E-state index contributed by atoms with van der Waals surface area (Å²) < 4.78 is 5.78. The summed E-state index contributed by atoms with van der Waals surface area (Å²) in [6.07, 6.45) is 4.33. The number of nitrogens with zero attached hydrogens (tertiary/aromatic N) is 2. The highest BCUT2D eigenvalue weighted by Gasteiger charge is 2.17. The Labute approximate surface area is 128 Å². The van der Waals surface area contributed by atoms with Crippen LogP contribution in [-0.4, -0.2) is 57.4 Å². The topological polar surface area (TPSA) is 27.7 Å². The third kappa shape index (κ3) is 4.11. The van der Waals surface area contributed by atoms with Crippen molar-refractivity contribution < 1.29 is 4.74 Å². The van der Waals surface area contributed by atoms with Crippen molar-refractivity contribution in [1.82, 2.24) is 4.90 Å². The Morgan fingerprint density at radius 1 is 1.10 bits per heavy atom. The first-order valence-electron chi connectivity index (χ1n) is 8.20. The first-order chi connectivity index (χ1) is 10.3. The Hall–Kier alpha value is -1.26. The minimum atomic E-state index is 0.297. The number of benzene rings is 1. The number of piperidine rings is 1. The summed E-state index contributed by atoms with van der Waals surface area (Å²) in [5.41, 5.74) is 2.54. The molecule has 0 amide bonds. The average Bonchev–Trinajstić information content (AvgIpc) is 2.54. The van der Waals surface area contributed by atoms with E-state index in [0.717, 1.165) is 26.2 Å². The van der Waals surface area contributed by atoms with Gasteiger partial charge in [-0.05, 0) is 50.6 Å². The van der Waals surface area contributed by atoms with Crippen LogP contribution in [-0.2, 0) is 4.74 Å². The van der Waals surface area contributed by atoms with E-state index < -0.39 is 0 Å². The summed E-state index contributed by atoms with van der Waals surface area (Å²) in [5, 5.41) is 3.49. The maximum Gasteiger partial charge on any atom is 0.0874 e. The fourth-order valence-corrected chi connectivity index (χ4v) is 3.16. The van der Waals surface area contributed by atoms with Gasteiger partial charge in [-0.25, -0.2) is 0 Å². The fourth-order valence-electron chi connectivity index (χ4n) is 3.16. The molecule has 2 heterocycles. The Morgan fingerprint density at radius 3 is 2.57 bits per heavy atom. The lowest BCUT2D eigenvalue weighted by atomic mass is 10.1. The Kier molecular flexibility index (Phi) is 4.99. The SMILES string of the molecule is CN1CCOC(CNc2ccc(N3CCCCC3)cc2)C1. The van der Waals surface area contributed by atoms with Crippen LogP contribution in [0.3, 0.4) is 0 Å². The third-order valence-electron chi connectivity index (χ3n) is 4.46. The van der Waals surface area contributed by atoms with E-state index in [1.165, 1.54) is 43.7 Å². The van der Waals surface area contributed by atoms with Crippen molar-refractivity contribution in [1.29, 1.82) is 0 Å². The van der Waals surface area contributed by atoms with Crippen LogP contribution in [0.15, 0.2) is 24.3 Å². The summed E-state index contributed by atoms with van der Waals surface area (Å²) in [7, 11) is 2.16. The van der Waals surface area contributed by atoms with Crippen LogP contribution in [0.4, 0.5) is 11.4 Å². The summed E-state index contributed by atoms with van der Waals surface area (Å²) in [6, 6.07) is 8.86. The van der Waals surface area contributed by atoms with Crippen molar-refractivity contribution in [2.45, 2.75) is 25.4 Å². The number of hydrogen-bond acceptors (Lipinski definition) is 4. The van der Waals surface area contributed by atoms with E-state index in [-0.39, 0.29) is 0 Å². The normalized spacial score (nSPS) is 24.0. The molecule has 2 aliphatic heterocycles. The van der Waals surface area contributed by atoms with Gasteiger partial charge in [-0.3, -0.25) is 0 Å². The van der Waals surface area contributed by atoms with Crippen LogP contribution in [0.2, 0.25) is 0 Å². The van der Waals surface area contributed by atoms with Crippen LogP contribution in [0, 0.1) is 0 Å². The Bertz CT molecular complexity index is 428. The molecule has 0 aromatic heterocycles. The van der Waals surface area contributed by atoms with Crippen LogP contribution in [0.25, 0.3) is 0 Å². The van der Waals surface area contributed by atoms with Crippen molar-refractivity contribution in [2.24, 2.45) is 0 Å². The highest BCUT2D eigenvalue weighted by atomic mass is 16.5. The van der Waals surface area contributed by atoms with Gasteiger partial charge < -0.3 is 19.9 Å². The lowest BCUT2D eigenvalue weighted by Crippen LogP contribution is -2.43. The molecule has 21 heavy (non-hydrogen) atoms. The van der Waals surface area contributed by atoms with Gasteiger partial charge >= 0.3 is 0 Å². The fraction of sp³-hybridized carbons (Fsp3) is 0.647. The van der Waals surface area contributed by atoms with Crippen molar-refractivity contribution in [3.63, 3.8) is 0 Å². The number of morpholine rings is 1. The zero-order chi connectivity index (χ0) is 14.5. The van der Waals surface area contributed by atoms with Crippen LogP contribution in [0.5, 0.6) is 0 Å². The largest absolute Gasteiger partial charge is 0.382 e. The van der Waals surface area contributed by atoms with Crippen LogP contribution >= 0.6 is 0 Å². The predicted molar refractivity (Wildman–Crippen MR) is 88.2 cm³/mol. The molecule has 116 valence electrons. The molecule has 1 aromatic rings. The van der Waals surface area contributed by atoms with E-state index in [0.29, 0.717) is 6.10 Å². The van der Waals surface area contributed by atoms with Gasteiger partial charge in [0.2, 0.25) is 0 Å². The van der Waals surface area contributed by atoms with Crippen molar-refractivity contribution in [3.05, 3.63) is 24.3 Å². The van der Waals surface area contributed by atoms with Crippen LogP contribution < -0.4 is 10.2 Å². The molecule has 2 fully saturated rings. The first-order valence-corrected chi connectivity index (χ1v) is 8.20. The minimum absolute atomic E-state index is 0.297. The van der Waals surface area contributed by atoms with Crippen LogP contribution in [0.1, 0.15) is 19.3 Å². The molecule has 3 rings (SSSR count). The van der Waals surface area contributed by atoms with E-state index in [1.807, 2.05) is 0 Å². The van der Waals surface area contributed by atoms with Gasteiger partial charge in [0.05, 0.1) is 12.7 Å². The quantitative estimate of drug-likeness (QED) is 0.921. The maximum absolute atomic E-state index is 5.78. The van der Waals surface area contributed by atoms with E-state index in [9.17, 15) is 0 Å². The highest BCUT2D eigenvalue weighted by molar-refractivity contribution is 5.55. The molecule has 0 aliphatic carbocycles. The zero-order valence-electron chi connectivity index (χ0n) is 13.1. The number of likely N-dealkylation sites (N-methyl/N-ethyl adjacent to an activating group) is 1. The number of rotatable bonds is 4. The lowest BCUT2D eigenvalue weighted by Gasteiger charge is -2.30. The molecule has 1 N–H and O–H groups in total. The van der Waals surface area contributed by atoms with Crippen molar-refractivity contribution in [3.8, 4) is 0 Å². The molecule has 0 radical (unpaired) electrons. The van der Waals surface area contributed by atoms with Gasteiger partial charge in [0, 0.05) is 44.1 Å². The summed E-state index contributed by atoms with van der Waals surface area (Å²) in [6.45, 7) is 6.19. The Morgan fingerprint density at radius 2 is 1.86 bits per heavy atom. The van der Waals surface area contributed by atoms with E-state index in [4.69, 9.17) is 4.74 Å². The van der Waals surface area contributed by atoms with Crippen molar-refractivity contribution in [2.75, 3.05) is 56.6 Å². The van der Waals surface area contributed by atoms with Gasteiger partial charge in [-0.15, -0.1) is 0 Å². The number of nitrogens with one attached hydrogen (secondary N) is 1. The summed E-state index contributed by atoms with van der Waals surface area (Å²) in [5.74, 6) is 0. The molecule has 0 saturated carbocycles. The average molecular weight is 289 g/mol. The molecule has 4 nitrogen and oxygen atoms in total. The smallest absolute Gasteiger partial charge is 0.0874 e. The molecule has 1 atom stereocenters. The maximum atomic E-state index is 5.78. The Balaban J connectivity index is 1.49. The monoisotopic (exact) mass is 289 g/mol. The molecule has 1 aromatic carbocycles. The van der Waals surface area contributed by atoms with Gasteiger partial charge in [-0.1, -0.05) is 0 Å². The predicted octanol–water partition coefficient (Wildman–Crippen LogP) is 2.42. The van der Waals surface area contributed by atoms with E-state index in [1.54, 1.807) is 0 Å². The molecule has 2 saturated heterocycles. The standard InChI is InChI=1S/C17H27N3O/c1-19-11-12-21-17(14-19)13-18-15-5-7-16(8-6-15)20-9-3-2-4-10-20/h5-8,17-18H,2-4,9-14H2,1H3. The molecule has 1 unspecified atom stereocenters. The number of ether oxygens (including phenoxy) is 1. The second-order valence-corrected chi connectivity index (χ2v) is 6.23. The number of hydrogen-bond donors (Lipinski definition) is 1. The molecular weight excluding hydrogens is 262 g/mol. The van der Waals surface area contributed by atoms with Gasteiger partial charge in [0.1, 0.15) is 0 Å². The van der Waals surface area contributed by atoms with Crippen molar-refractivity contribution >= 4 is 11.4 Å². The molecule has 0 bridgehead atoms. The first kappa shape index (κ1) is 14.7. The summed E-state index contributed by atoms with van der Waals surface area (Å²) in [4.78, 5) is 4.82. The van der Waals surface area contributed by atoms with E-state index in [2.05, 4.69) is 46.4 Å². The second-order valence-electron chi connectivity index (χ2n) is 6.23. The van der Waals surface area contributed by atoms with Gasteiger partial charge in [-0.2, -0.15) is 0 Å². The lowest BCUT2D eigenvalue weighted by molar-refractivity contribution is -0.0117. The van der Waals surface area contributed by atoms with Gasteiger partial charge in [0.25, 0.3) is 0 Å². The third-order valence-corrected chi connectivity index (χ3v) is 4.46. The molecule has 2 aliphatic rings. The zero-order valence-corrected chi connectivity index (χ0v) is 13.1.